The van der Waals surface area contributed by atoms with E-state index < -0.39 is 0 Å². The standard InChI is InChI=1S/C21H20N2O5S/c1-25-16-6-3-13(9-18(16)26-2)4-8-20(24)23-21-22-15(11-29-21)14-5-7-17-19(10-14)28-12-27-17/h3,5-7,9-11H,4,8,12H2,1-2H3,(H,22,23,24). The molecule has 0 saturated heterocycles. The Morgan fingerprint density at radius 2 is 1.93 bits per heavy atom. The minimum absolute atomic E-state index is 0.0913. The Labute approximate surface area is 172 Å². The van der Waals surface area contributed by atoms with Crippen molar-refractivity contribution < 1.29 is 23.7 Å². The first-order chi connectivity index (χ1) is 14.2. The highest BCUT2D eigenvalue weighted by atomic mass is 32.1. The molecule has 2 aromatic carbocycles. The second-order valence-corrected chi connectivity index (χ2v) is 7.20. The summed E-state index contributed by atoms with van der Waals surface area (Å²) in [6, 6.07) is 11.3. The van der Waals surface area contributed by atoms with Gasteiger partial charge in [0.2, 0.25) is 12.7 Å². The number of aryl methyl sites for hydroxylation is 1. The van der Waals surface area contributed by atoms with Crippen LogP contribution in [-0.4, -0.2) is 31.9 Å². The molecule has 4 rings (SSSR count). The van der Waals surface area contributed by atoms with Crippen molar-refractivity contribution in [2.24, 2.45) is 0 Å². The molecule has 7 nitrogen and oxygen atoms in total. The van der Waals surface area contributed by atoms with Gasteiger partial charge in [0.15, 0.2) is 28.1 Å². The number of thiazole rings is 1. The lowest BCUT2D eigenvalue weighted by molar-refractivity contribution is -0.116. The van der Waals surface area contributed by atoms with Crippen molar-refractivity contribution in [2.45, 2.75) is 12.8 Å². The number of benzene rings is 2. The van der Waals surface area contributed by atoms with E-state index in [1.165, 1.54) is 11.3 Å². The maximum absolute atomic E-state index is 12.3. The minimum Gasteiger partial charge on any atom is -0.493 e. The Hall–Kier alpha value is -3.26. The Morgan fingerprint density at radius 3 is 2.76 bits per heavy atom. The number of nitrogens with zero attached hydrogens (tertiary/aromatic N) is 1. The largest absolute Gasteiger partial charge is 0.493 e. The number of rotatable bonds is 7. The molecule has 1 amide bonds. The number of ether oxygens (including phenoxy) is 4. The summed E-state index contributed by atoms with van der Waals surface area (Å²) in [6.45, 7) is 0.233. The number of carbonyl (C=O) groups is 1. The molecule has 0 aliphatic carbocycles. The van der Waals surface area contributed by atoms with E-state index in [0.717, 1.165) is 22.6 Å². The summed E-state index contributed by atoms with van der Waals surface area (Å²) >= 11 is 1.39. The zero-order valence-corrected chi connectivity index (χ0v) is 16.9. The number of hydrogen-bond acceptors (Lipinski definition) is 7. The van der Waals surface area contributed by atoms with Gasteiger partial charge in [0.1, 0.15) is 0 Å². The molecule has 29 heavy (non-hydrogen) atoms. The maximum atomic E-state index is 12.3. The first-order valence-corrected chi connectivity index (χ1v) is 9.90. The fourth-order valence-electron chi connectivity index (χ4n) is 3.00. The molecule has 1 N–H and O–H groups in total. The van der Waals surface area contributed by atoms with Crippen LogP contribution in [0, 0.1) is 0 Å². The first-order valence-electron chi connectivity index (χ1n) is 9.02. The Kier molecular flexibility index (Phi) is 5.53. The van der Waals surface area contributed by atoms with Crippen LogP contribution < -0.4 is 24.3 Å². The van der Waals surface area contributed by atoms with E-state index in [2.05, 4.69) is 10.3 Å². The van der Waals surface area contributed by atoms with E-state index in [9.17, 15) is 4.79 Å². The topological polar surface area (TPSA) is 78.9 Å². The average molecular weight is 412 g/mol. The maximum Gasteiger partial charge on any atom is 0.231 e. The van der Waals surface area contributed by atoms with Crippen molar-refractivity contribution in [3.8, 4) is 34.3 Å². The van der Waals surface area contributed by atoms with Gasteiger partial charge in [-0.3, -0.25) is 4.79 Å². The molecule has 0 saturated carbocycles. The molecule has 0 unspecified atom stereocenters. The third-order valence-electron chi connectivity index (χ3n) is 4.51. The van der Waals surface area contributed by atoms with Crippen molar-refractivity contribution in [1.29, 1.82) is 0 Å². The molecule has 2 heterocycles. The third kappa shape index (κ3) is 4.27. The zero-order chi connectivity index (χ0) is 20.2. The molecule has 150 valence electrons. The summed E-state index contributed by atoms with van der Waals surface area (Å²) in [5, 5.41) is 5.33. The summed E-state index contributed by atoms with van der Waals surface area (Å²) in [5.41, 5.74) is 2.69. The number of methoxy groups -OCH3 is 2. The van der Waals surface area contributed by atoms with Gasteiger partial charge in [-0.15, -0.1) is 11.3 Å². The molecule has 0 bridgehead atoms. The van der Waals surface area contributed by atoms with E-state index in [-0.39, 0.29) is 12.7 Å². The van der Waals surface area contributed by atoms with Crippen LogP contribution in [-0.2, 0) is 11.2 Å². The van der Waals surface area contributed by atoms with E-state index in [1.807, 2.05) is 41.8 Å². The molecule has 0 atom stereocenters. The van der Waals surface area contributed by atoms with Crippen LogP contribution in [0.25, 0.3) is 11.3 Å². The van der Waals surface area contributed by atoms with Crippen LogP contribution in [0.2, 0.25) is 0 Å². The molecular weight excluding hydrogens is 392 g/mol. The second-order valence-electron chi connectivity index (χ2n) is 6.34. The summed E-state index contributed by atoms with van der Waals surface area (Å²) in [5.74, 6) is 2.66. The van der Waals surface area contributed by atoms with Crippen LogP contribution in [0.5, 0.6) is 23.0 Å². The van der Waals surface area contributed by atoms with Crippen molar-refractivity contribution in [2.75, 3.05) is 26.3 Å². The lowest BCUT2D eigenvalue weighted by Gasteiger charge is -2.09. The lowest BCUT2D eigenvalue weighted by Crippen LogP contribution is -2.12. The van der Waals surface area contributed by atoms with Gasteiger partial charge >= 0.3 is 0 Å². The van der Waals surface area contributed by atoms with Crippen LogP contribution >= 0.6 is 11.3 Å². The molecule has 3 aromatic rings. The Bertz CT molecular complexity index is 1030. The van der Waals surface area contributed by atoms with Gasteiger partial charge in [0, 0.05) is 17.4 Å². The second kappa shape index (κ2) is 8.40. The average Bonchev–Trinajstić information content (AvgIpc) is 3.40. The number of aromatic nitrogens is 1. The monoisotopic (exact) mass is 412 g/mol. The van der Waals surface area contributed by atoms with Gasteiger partial charge < -0.3 is 24.3 Å². The van der Waals surface area contributed by atoms with E-state index >= 15 is 0 Å². The smallest absolute Gasteiger partial charge is 0.231 e. The number of fused-ring (bicyclic) bond motifs is 1. The zero-order valence-electron chi connectivity index (χ0n) is 16.1. The van der Waals surface area contributed by atoms with Crippen molar-refractivity contribution >= 4 is 22.4 Å². The predicted molar refractivity (Wildman–Crippen MR) is 110 cm³/mol. The van der Waals surface area contributed by atoms with Gasteiger partial charge in [-0.25, -0.2) is 4.98 Å². The van der Waals surface area contributed by atoms with E-state index in [1.54, 1.807) is 14.2 Å². The fourth-order valence-corrected chi connectivity index (χ4v) is 3.73. The molecule has 1 aromatic heterocycles. The Morgan fingerprint density at radius 1 is 1.10 bits per heavy atom. The molecule has 1 aliphatic rings. The van der Waals surface area contributed by atoms with Crippen LogP contribution in [0.4, 0.5) is 5.13 Å². The van der Waals surface area contributed by atoms with Crippen LogP contribution in [0.15, 0.2) is 41.8 Å². The van der Waals surface area contributed by atoms with Crippen LogP contribution in [0.3, 0.4) is 0 Å². The summed E-state index contributed by atoms with van der Waals surface area (Å²) in [4.78, 5) is 16.8. The normalized spacial score (nSPS) is 11.9. The molecule has 0 radical (unpaired) electrons. The number of nitrogens with one attached hydrogen (secondary N) is 1. The third-order valence-corrected chi connectivity index (χ3v) is 5.27. The van der Waals surface area contributed by atoms with Gasteiger partial charge in [0.05, 0.1) is 19.9 Å². The highest BCUT2D eigenvalue weighted by Crippen LogP contribution is 2.36. The minimum atomic E-state index is -0.0913. The number of amides is 1. The highest BCUT2D eigenvalue weighted by molar-refractivity contribution is 7.14. The molecule has 0 fully saturated rings. The number of anilines is 1. The van der Waals surface area contributed by atoms with Gasteiger partial charge in [-0.05, 0) is 42.3 Å². The van der Waals surface area contributed by atoms with Gasteiger partial charge in [-0.2, -0.15) is 0 Å². The SMILES string of the molecule is COc1ccc(CCC(=O)Nc2nc(-c3ccc4c(c3)OCO4)cs2)cc1OC. The van der Waals surface area contributed by atoms with Crippen molar-refractivity contribution in [1.82, 2.24) is 4.98 Å². The van der Waals surface area contributed by atoms with Crippen LogP contribution in [0.1, 0.15) is 12.0 Å². The number of carbonyl (C=O) groups excluding carboxylic acids is 1. The van der Waals surface area contributed by atoms with Gasteiger partial charge in [-0.1, -0.05) is 6.07 Å². The summed E-state index contributed by atoms with van der Waals surface area (Å²) in [6.07, 6.45) is 0.932. The molecular formula is C21H20N2O5S. The Balaban J connectivity index is 1.36. The molecule has 1 aliphatic heterocycles. The predicted octanol–water partition coefficient (Wildman–Crippen LogP) is 4.13. The summed E-state index contributed by atoms with van der Waals surface area (Å²) in [7, 11) is 3.19. The summed E-state index contributed by atoms with van der Waals surface area (Å²) < 4.78 is 21.3. The quantitative estimate of drug-likeness (QED) is 0.629. The molecule has 0 spiro atoms. The van der Waals surface area contributed by atoms with Crippen molar-refractivity contribution in [3.63, 3.8) is 0 Å². The first kappa shape index (κ1) is 19.1. The molecule has 8 heteroatoms. The van der Waals surface area contributed by atoms with Crippen molar-refractivity contribution in [3.05, 3.63) is 47.3 Å². The van der Waals surface area contributed by atoms with Gasteiger partial charge in [0.25, 0.3) is 0 Å². The van der Waals surface area contributed by atoms with E-state index in [4.69, 9.17) is 18.9 Å². The highest BCUT2D eigenvalue weighted by Gasteiger charge is 2.15. The fraction of sp³-hybridized carbons (Fsp3) is 0.238. The van der Waals surface area contributed by atoms with E-state index in [0.29, 0.717) is 35.2 Å². The number of hydrogen-bond donors (Lipinski definition) is 1. The lowest BCUT2D eigenvalue weighted by atomic mass is 10.1.